The highest BCUT2D eigenvalue weighted by atomic mass is 16.2. The van der Waals surface area contributed by atoms with E-state index in [2.05, 4.69) is 42.2 Å². The van der Waals surface area contributed by atoms with Crippen LogP contribution in [0, 0.1) is 12.3 Å². The van der Waals surface area contributed by atoms with Crippen molar-refractivity contribution in [1.82, 2.24) is 9.88 Å². The summed E-state index contributed by atoms with van der Waals surface area (Å²) >= 11 is 0. The Morgan fingerprint density at radius 1 is 1.10 bits per heavy atom. The van der Waals surface area contributed by atoms with E-state index in [-0.39, 0.29) is 18.2 Å². The average Bonchev–Trinajstić information content (AvgIpc) is 3.21. The van der Waals surface area contributed by atoms with Crippen LogP contribution in [-0.2, 0) is 22.4 Å². The number of aryl methyl sites for hydroxylation is 1. The van der Waals surface area contributed by atoms with E-state index >= 15 is 0 Å². The van der Waals surface area contributed by atoms with E-state index in [4.69, 9.17) is 5.73 Å². The second-order valence-electron chi connectivity index (χ2n) is 8.45. The van der Waals surface area contributed by atoms with Gasteiger partial charge in [0.1, 0.15) is 0 Å². The van der Waals surface area contributed by atoms with E-state index in [1.807, 2.05) is 30.3 Å². The zero-order valence-electron chi connectivity index (χ0n) is 17.8. The maximum absolute atomic E-state index is 12.8. The van der Waals surface area contributed by atoms with Crippen LogP contribution in [0.25, 0.3) is 11.1 Å². The maximum Gasteiger partial charge on any atom is 0.227 e. The largest absolute Gasteiger partial charge is 0.369 e. The third-order valence-corrected chi connectivity index (χ3v) is 6.18. The molecule has 4 rings (SSSR count). The number of nitrogens with two attached hydrogens (primary N) is 1. The molecule has 3 aromatic rings. The Morgan fingerprint density at radius 3 is 2.68 bits per heavy atom. The van der Waals surface area contributed by atoms with E-state index in [0.717, 1.165) is 22.3 Å². The number of aromatic nitrogens is 1. The molecule has 2 amide bonds. The zero-order chi connectivity index (χ0) is 21.8. The van der Waals surface area contributed by atoms with Crippen molar-refractivity contribution in [3.8, 4) is 11.1 Å². The number of rotatable bonds is 6. The van der Waals surface area contributed by atoms with Gasteiger partial charge in [-0.3, -0.25) is 14.6 Å². The normalized spacial score (nSPS) is 18.2. The number of carbonyl (C=O) groups is 2. The van der Waals surface area contributed by atoms with E-state index < -0.39 is 5.41 Å². The first-order chi connectivity index (χ1) is 15.0. The van der Waals surface area contributed by atoms with Crippen LogP contribution < -0.4 is 5.73 Å². The molecule has 2 N–H and O–H groups in total. The van der Waals surface area contributed by atoms with Crippen molar-refractivity contribution in [3.05, 3.63) is 89.7 Å². The predicted molar refractivity (Wildman–Crippen MR) is 121 cm³/mol. The molecule has 5 nitrogen and oxygen atoms in total. The molecular formula is C26H27N3O2. The summed E-state index contributed by atoms with van der Waals surface area (Å²) in [6, 6.07) is 20.2. The SMILES string of the molecule is Cc1cccc(-c2ccccc2C[C@]2(C(N)=O)CCN(C(=O)Cc3cccnc3)C2)c1. The number of primary amides is 1. The smallest absolute Gasteiger partial charge is 0.227 e. The van der Waals surface area contributed by atoms with Crippen LogP contribution >= 0.6 is 0 Å². The van der Waals surface area contributed by atoms with Gasteiger partial charge in [0.25, 0.3) is 0 Å². The van der Waals surface area contributed by atoms with Gasteiger partial charge >= 0.3 is 0 Å². The predicted octanol–water partition coefficient (Wildman–Crippen LogP) is 3.55. The first-order valence-electron chi connectivity index (χ1n) is 10.6. The summed E-state index contributed by atoms with van der Waals surface area (Å²) in [6.45, 7) is 2.96. The Labute approximate surface area is 182 Å². The van der Waals surface area contributed by atoms with Crippen molar-refractivity contribution < 1.29 is 9.59 Å². The van der Waals surface area contributed by atoms with Crippen molar-refractivity contribution >= 4 is 11.8 Å². The zero-order valence-corrected chi connectivity index (χ0v) is 17.8. The fourth-order valence-corrected chi connectivity index (χ4v) is 4.44. The van der Waals surface area contributed by atoms with Crippen LogP contribution in [0.2, 0.25) is 0 Å². The van der Waals surface area contributed by atoms with Crippen molar-refractivity contribution in [2.45, 2.75) is 26.2 Å². The van der Waals surface area contributed by atoms with E-state index in [0.29, 0.717) is 25.9 Å². The number of benzene rings is 2. The summed E-state index contributed by atoms with van der Waals surface area (Å²) in [7, 11) is 0. The molecule has 0 unspecified atom stereocenters. The number of carbonyl (C=O) groups excluding carboxylic acids is 2. The standard InChI is InChI=1S/C26H27N3O2/c1-19-6-4-9-21(14-19)23-10-3-2-8-22(23)16-26(25(27)31)11-13-29(18-26)24(30)15-20-7-5-12-28-17-20/h2-10,12,14,17H,11,13,15-16,18H2,1H3,(H2,27,31)/t26-/m1/s1. The van der Waals surface area contributed by atoms with Crippen LogP contribution in [0.5, 0.6) is 0 Å². The number of likely N-dealkylation sites (tertiary alicyclic amines) is 1. The van der Waals surface area contributed by atoms with E-state index in [9.17, 15) is 9.59 Å². The number of hydrogen-bond donors (Lipinski definition) is 1. The van der Waals surface area contributed by atoms with Gasteiger partial charge in [-0.05, 0) is 48.1 Å². The lowest BCUT2D eigenvalue weighted by Crippen LogP contribution is -2.42. The molecule has 1 fully saturated rings. The molecule has 2 aromatic carbocycles. The van der Waals surface area contributed by atoms with Crippen LogP contribution in [0.4, 0.5) is 0 Å². The molecule has 158 valence electrons. The molecule has 2 heterocycles. The summed E-state index contributed by atoms with van der Waals surface area (Å²) < 4.78 is 0. The Morgan fingerprint density at radius 2 is 1.94 bits per heavy atom. The van der Waals surface area contributed by atoms with Gasteiger partial charge in [0.15, 0.2) is 0 Å². The molecule has 1 aliphatic heterocycles. The molecule has 1 saturated heterocycles. The molecule has 0 aliphatic carbocycles. The van der Waals surface area contributed by atoms with Gasteiger partial charge in [0.2, 0.25) is 11.8 Å². The lowest BCUT2D eigenvalue weighted by molar-refractivity contribution is -0.131. The Hall–Kier alpha value is -3.47. The third-order valence-electron chi connectivity index (χ3n) is 6.18. The number of pyridine rings is 1. The Balaban J connectivity index is 1.57. The third kappa shape index (κ3) is 4.50. The van der Waals surface area contributed by atoms with Gasteiger partial charge < -0.3 is 10.6 Å². The molecule has 5 heteroatoms. The topological polar surface area (TPSA) is 76.3 Å². The van der Waals surface area contributed by atoms with Gasteiger partial charge in [0.05, 0.1) is 11.8 Å². The Bertz CT molecular complexity index is 1100. The minimum absolute atomic E-state index is 0.00287. The van der Waals surface area contributed by atoms with Gasteiger partial charge in [-0.1, -0.05) is 60.2 Å². The molecular weight excluding hydrogens is 386 g/mol. The lowest BCUT2D eigenvalue weighted by atomic mass is 9.78. The summed E-state index contributed by atoms with van der Waals surface area (Å²) in [5, 5.41) is 0. The van der Waals surface area contributed by atoms with Gasteiger partial charge in [-0.25, -0.2) is 0 Å². The van der Waals surface area contributed by atoms with Crippen LogP contribution in [0.3, 0.4) is 0 Å². The molecule has 0 saturated carbocycles. The average molecular weight is 414 g/mol. The number of nitrogens with zero attached hydrogens (tertiary/aromatic N) is 2. The van der Waals surface area contributed by atoms with Crippen molar-refractivity contribution in [3.63, 3.8) is 0 Å². The van der Waals surface area contributed by atoms with Gasteiger partial charge in [-0.15, -0.1) is 0 Å². The highest BCUT2D eigenvalue weighted by molar-refractivity contribution is 5.85. The fraction of sp³-hybridized carbons (Fsp3) is 0.269. The quantitative estimate of drug-likeness (QED) is 0.671. The van der Waals surface area contributed by atoms with Crippen LogP contribution in [0.1, 0.15) is 23.1 Å². The van der Waals surface area contributed by atoms with Crippen LogP contribution in [0.15, 0.2) is 73.1 Å². The minimum Gasteiger partial charge on any atom is -0.369 e. The molecule has 1 aromatic heterocycles. The molecule has 0 bridgehead atoms. The first kappa shape index (κ1) is 20.8. The molecule has 1 atom stereocenters. The first-order valence-corrected chi connectivity index (χ1v) is 10.6. The Kier molecular flexibility index (Phi) is 5.85. The minimum atomic E-state index is -0.759. The van der Waals surface area contributed by atoms with E-state index in [1.165, 1.54) is 5.56 Å². The molecule has 31 heavy (non-hydrogen) atoms. The van der Waals surface area contributed by atoms with Gasteiger partial charge in [-0.2, -0.15) is 0 Å². The van der Waals surface area contributed by atoms with E-state index in [1.54, 1.807) is 17.3 Å². The van der Waals surface area contributed by atoms with Crippen molar-refractivity contribution in [2.75, 3.05) is 13.1 Å². The summed E-state index contributed by atoms with van der Waals surface area (Å²) in [5.41, 5.74) is 10.5. The lowest BCUT2D eigenvalue weighted by Gasteiger charge is -2.27. The molecule has 0 spiro atoms. The summed E-state index contributed by atoms with van der Waals surface area (Å²) in [5.74, 6) is -0.341. The highest BCUT2D eigenvalue weighted by Gasteiger charge is 2.45. The summed E-state index contributed by atoms with van der Waals surface area (Å²) in [6.07, 6.45) is 4.76. The van der Waals surface area contributed by atoms with Gasteiger partial charge in [0, 0.05) is 25.5 Å². The number of hydrogen-bond acceptors (Lipinski definition) is 3. The molecule has 1 aliphatic rings. The summed E-state index contributed by atoms with van der Waals surface area (Å²) in [4.78, 5) is 31.3. The van der Waals surface area contributed by atoms with Crippen molar-refractivity contribution in [2.24, 2.45) is 11.1 Å². The fourth-order valence-electron chi connectivity index (χ4n) is 4.44. The van der Waals surface area contributed by atoms with Crippen LogP contribution in [-0.4, -0.2) is 34.8 Å². The monoisotopic (exact) mass is 413 g/mol. The maximum atomic E-state index is 12.8. The highest BCUT2D eigenvalue weighted by Crippen LogP contribution is 2.37. The second-order valence-corrected chi connectivity index (χ2v) is 8.45. The number of amides is 2. The molecule has 0 radical (unpaired) electrons. The van der Waals surface area contributed by atoms with Crippen molar-refractivity contribution in [1.29, 1.82) is 0 Å². The second kappa shape index (κ2) is 8.72.